The van der Waals surface area contributed by atoms with Gasteiger partial charge < -0.3 is 10.1 Å². The number of ether oxygens (including phenoxy) is 1. The lowest BCUT2D eigenvalue weighted by molar-refractivity contribution is 0.415. The topological polar surface area (TPSA) is 47.0 Å². The lowest BCUT2D eigenvalue weighted by Gasteiger charge is -2.12. The predicted molar refractivity (Wildman–Crippen MR) is 87.7 cm³/mol. The van der Waals surface area contributed by atoms with Crippen molar-refractivity contribution in [2.24, 2.45) is 0 Å². The van der Waals surface area contributed by atoms with Crippen LogP contribution in [0.4, 0.5) is 11.5 Å². The van der Waals surface area contributed by atoms with Gasteiger partial charge in [-0.2, -0.15) is 0 Å². The molecule has 0 spiro atoms. The minimum absolute atomic E-state index is 0.459. The van der Waals surface area contributed by atoms with Crippen LogP contribution in [-0.2, 0) is 0 Å². The molecule has 0 aliphatic heterocycles. The van der Waals surface area contributed by atoms with Gasteiger partial charge in [0.15, 0.2) is 0 Å². The number of halogens is 2. The molecule has 0 atom stereocenters. The molecule has 6 heteroatoms. The summed E-state index contributed by atoms with van der Waals surface area (Å²) in [4.78, 5) is 8.98. The normalized spacial score (nSPS) is 14.1. The van der Waals surface area contributed by atoms with E-state index in [-0.39, 0.29) is 0 Å². The third kappa shape index (κ3) is 3.30. The first-order valence-corrected chi connectivity index (χ1v) is 7.89. The molecule has 0 saturated heterocycles. The van der Waals surface area contributed by atoms with Gasteiger partial charge in [0, 0.05) is 27.7 Å². The Labute approximate surface area is 137 Å². The summed E-state index contributed by atoms with van der Waals surface area (Å²) in [5.41, 5.74) is 1.74. The zero-order chi connectivity index (χ0) is 15.0. The van der Waals surface area contributed by atoms with E-state index < -0.39 is 0 Å². The van der Waals surface area contributed by atoms with Gasteiger partial charge in [-0.1, -0.05) is 27.5 Å². The number of nitrogens with zero attached hydrogens (tertiary/aromatic N) is 2. The third-order valence-corrected chi connectivity index (χ3v) is 4.24. The zero-order valence-electron chi connectivity index (χ0n) is 11.8. The minimum Gasteiger partial charge on any atom is -0.497 e. The van der Waals surface area contributed by atoms with Gasteiger partial charge in [0.25, 0.3) is 0 Å². The van der Waals surface area contributed by atoms with Crippen LogP contribution >= 0.6 is 27.5 Å². The van der Waals surface area contributed by atoms with Crippen LogP contribution in [0.25, 0.3) is 0 Å². The van der Waals surface area contributed by atoms with Crippen molar-refractivity contribution >= 4 is 39.0 Å². The Morgan fingerprint density at radius 3 is 2.71 bits per heavy atom. The highest BCUT2D eigenvalue weighted by molar-refractivity contribution is 9.10. The highest BCUT2D eigenvalue weighted by atomic mass is 79.9. The van der Waals surface area contributed by atoms with E-state index in [1.54, 1.807) is 7.11 Å². The lowest BCUT2D eigenvalue weighted by Crippen LogP contribution is -2.03. The number of methoxy groups -OCH3 is 1. The molecular formula is C15H15BrClN3O. The second-order valence-corrected chi connectivity index (χ2v) is 6.40. The molecule has 1 heterocycles. The van der Waals surface area contributed by atoms with Crippen LogP contribution < -0.4 is 10.1 Å². The Morgan fingerprint density at radius 2 is 2.05 bits per heavy atom. The van der Waals surface area contributed by atoms with Crippen molar-refractivity contribution in [3.63, 3.8) is 0 Å². The maximum absolute atomic E-state index is 6.22. The average Bonchev–Trinajstić information content (AvgIpc) is 3.27. The SMILES string of the molecule is COc1cc(Br)cc(Nc2nc(C3CC3)nc(Cl)c2C)c1. The molecule has 21 heavy (non-hydrogen) atoms. The van der Waals surface area contributed by atoms with E-state index in [2.05, 4.69) is 31.2 Å². The van der Waals surface area contributed by atoms with E-state index in [1.807, 2.05) is 25.1 Å². The second kappa shape index (κ2) is 5.81. The molecule has 0 radical (unpaired) electrons. The van der Waals surface area contributed by atoms with E-state index in [1.165, 1.54) is 0 Å². The zero-order valence-corrected chi connectivity index (χ0v) is 14.1. The fraction of sp³-hybridized carbons (Fsp3) is 0.333. The first-order chi connectivity index (χ1) is 10.1. The molecule has 1 aliphatic rings. The van der Waals surface area contributed by atoms with Gasteiger partial charge in [-0.15, -0.1) is 0 Å². The molecule has 110 valence electrons. The largest absolute Gasteiger partial charge is 0.497 e. The maximum Gasteiger partial charge on any atom is 0.138 e. The van der Waals surface area contributed by atoms with Gasteiger partial charge >= 0.3 is 0 Å². The first kappa shape index (κ1) is 14.6. The smallest absolute Gasteiger partial charge is 0.138 e. The summed E-state index contributed by atoms with van der Waals surface area (Å²) in [6.45, 7) is 1.91. The van der Waals surface area contributed by atoms with Gasteiger partial charge in [0.2, 0.25) is 0 Å². The van der Waals surface area contributed by atoms with E-state index in [0.717, 1.165) is 46.0 Å². The van der Waals surface area contributed by atoms with Crippen LogP contribution in [0.3, 0.4) is 0 Å². The Hall–Kier alpha value is -1.33. The summed E-state index contributed by atoms with van der Waals surface area (Å²) in [5, 5.41) is 3.82. The van der Waals surface area contributed by atoms with Crippen molar-refractivity contribution in [3.05, 3.63) is 39.2 Å². The number of benzene rings is 1. The number of rotatable bonds is 4. The Morgan fingerprint density at radius 1 is 1.29 bits per heavy atom. The van der Waals surface area contributed by atoms with Crippen molar-refractivity contribution in [3.8, 4) is 5.75 Å². The molecule has 1 saturated carbocycles. The third-order valence-electron chi connectivity index (χ3n) is 3.42. The van der Waals surface area contributed by atoms with Crippen LogP contribution in [0.15, 0.2) is 22.7 Å². The molecule has 4 nitrogen and oxygen atoms in total. The monoisotopic (exact) mass is 367 g/mol. The molecule has 2 aromatic rings. The summed E-state index contributed by atoms with van der Waals surface area (Å²) in [5.74, 6) is 2.81. The molecule has 0 amide bonds. The maximum atomic E-state index is 6.22. The van der Waals surface area contributed by atoms with Gasteiger partial charge in [-0.05, 0) is 31.9 Å². The van der Waals surface area contributed by atoms with E-state index in [0.29, 0.717) is 11.1 Å². The Balaban J connectivity index is 1.95. The Kier molecular flexibility index (Phi) is 4.04. The highest BCUT2D eigenvalue weighted by Gasteiger charge is 2.28. The van der Waals surface area contributed by atoms with Gasteiger partial charge in [0.05, 0.1) is 7.11 Å². The van der Waals surface area contributed by atoms with Crippen molar-refractivity contribution in [2.45, 2.75) is 25.7 Å². The fourth-order valence-corrected chi connectivity index (χ4v) is 2.69. The molecule has 1 fully saturated rings. The standard InChI is InChI=1S/C15H15BrClN3O/c1-8-13(17)19-15(9-3-4-9)20-14(8)18-11-5-10(16)6-12(7-11)21-2/h5-7,9H,3-4H2,1-2H3,(H,18,19,20). The quantitative estimate of drug-likeness (QED) is 0.785. The Bertz CT molecular complexity index is 689. The summed E-state index contributed by atoms with van der Waals surface area (Å²) in [6.07, 6.45) is 2.28. The van der Waals surface area contributed by atoms with Crippen LogP contribution in [0.1, 0.15) is 30.1 Å². The minimum atomic E-state index is 0.459. The highest BCUT2D eigenvalue weighted by Crippen LogP contribution is 2.40. The molecule has 1 aromatic carbocycles. The van der Waals surface area contributed by atoms with E-state index in [4.69, 9.17) is 16.3 Å². The van der Waals surface area contributed by atoms with Crippen molar-refractivity contribution in [1.29, 1.82) is 0 Å². The molecule has 1 aliphatic carbocycles. The molecule has 1 aromatic heterocycles. The molecule has 1 N–H and O–H groups in total. The molecule has 0 bridgehead atoms. The number of hydrogen-bond acceptors (Lipinski definition) is 4. The molecule has 3 rings (SSSR count). The first-order valence-electron chi connectivity index (χ1n) is 6.72. The van der Waals surface area contributed by atoms with Crippen LogP contribution in [0.5, 0.6) is 5.75 Å². The summed E-state index contributed by atoms with van der Waals surface area (Å²) in [6, 6.07) is 5.78. The fourth-order valence-electron chi connectivity index (χ4n) is 2.04. The summed E-state index contributed by atoms with van der Waals surface area (Å²) >= 11 is 9.69. The van der Waals surface area contributed by atoms with Crippen molar-refractivity contribution in [1.82, 2.24) is 9.97 Å². The molecule has 0 unspecified atom stereocenters. The van der Waals surface area contributed by atoms with Crippen LogP contribution in [-0.4, -0.2) is 17.1 Å². The number of nitrogens with one attached hydrogen (secondary N) is 1. The van der Waals surface area contributed by atoms with Gasteiger partial charge in [-0.25, -0.2) is 9.97 Å². The van der Waals surface area contributed by atoms with Gasteiger partial charge in [0.1, 0.15) is 22.5 Å². The predicted octanol–water partition coefficient (Wildman–Crippen LogP) is 4.83. The summed E-state index contributed by atoms with van der Waals surface area (Å²) < 4.78 is 6.21. The van der Waals surface area contributed by atoms with Crippen molar-refractivity contribution < 1.29 is 4.74 Å². The summed E-state index contributed by atoms with van der Waals surface area (Å²) in [7, 11) is 1.64. The van der Waals surface area contributed by atoms with Crippen LogP contribution in [0, 0.1) is 6.92 Å². The lowest BCUT2D eigenvalue weighted by atomic mass is 10.2. The average molecular weight is 369 g/mol. The van der Waals surface area contributed by atoms with Gasteiger partial charge in [-0.3, -0.25) is 0 Å². The van der Waals surface area contributed by atoms with E-state index in [9.17, 15) is 0 Å². The van der Waals surface area contributed by atoms with Crippen molar-refractivity contribution in [2.75, 3.05) is 12.4 Å². The van der Waals surface area contributed by atoms with E-state index >= 15 is 0 Å². The number of aromatic nitrogens is 2. The molecular weight excluding hydrogens is 354 g/mol. The number of anilines is 2. The number of hydrogen-bond donors (Lipinski definition) is 1. The van der Waals surface area contributed by atoms with Crippen LogP contribution in [0.2, 0.25) is 5.15 Å². The second-order valence-electron chi connectivity index (χ2n) is 5.13.